The van der Waals surface area contributed by atoms with Crippen LogP contribution in [0.25, 0.3) is 0 Å². The summed E-state index contributed by atoms with van der Waals surface area (Å²) in [5.74, 6) is 5.88. The molecule has 0 atom stereocenters. The minimum Gasteiger partial charge on any atom is -0.381 e. The second kappa shape index (κ2) is 3.02. The molecule has 1 aromatic rings. The number of hydrogen-bond donors (Lipinski definition) is 1. The van der Waals surface area contributed by atoms with E-state index in [9.17, 15) is 0 Å². The van der Waals surface area contributed by atoms with E-state index in [0.29, 0.717) is 11.5 Å². The van der Waals surface area contributed by atoms with E-state index < -0.39 is 0 Å². The van der Waals surface area contributed by atoms with Gasteiger partial charge in [-0.15, -0.1) is 0 Å². The first-order chi connectivity index (χ1) is 5.24. The quantitative estimate of drug-likeness (QED) is 0.550. The number of hydrogen-bond acceptors (Lipinski definition) is 3. The van der Waals surface area contributed by atoms with E-state index in [4.69, 9.17) is 5.73 Å². The van der Waals surface area contributed by atoms with Crippen molar-refractivity contribution in [2.45, 2.75) is 13.8 Å². The summed E-state index contributed by atoms with van der Waals surface area (Å²) in [4.78, 5) is 8.01. The first-order valence-electron chi connectivity index (χ1n) is 3.26. The summed E-state index contributed by atoms with van der Waals surface area (Å²) in [5.41, 5.74) is 6.89. The molecule has 0 aliphatic carbocycles. The fourth-order valence-corrected chi connectivity index (χ4v) is 0.697. The fraction of sp³-hybridized carbons (Fsp3) is 0.250. The summed E-state index contributed by atoms with van der Waals surface area (Å²) < 4.78 is 0. The van der Waals surface area contributed by atoms with E-state index >= 15 is 0 Å². The van der Waals surface area contributed by atoms with Crippen molar-refractivity contribution >= 4 is 5.82 Å². The van der Waals surface area contributed by atoms with Crippen molar-refractivity contribution in [1.29, 1.82) is 0 Å². The molecule has 0 spiro atoms. The summed E-state index contributed by atoms with van der Waals surface area (Å²) in [5, 5.41) is 0. The van der Waals surface area contributed by atoms with Crippen molar-refractivity contribution in [1.82, 2.24) is 9.97 Å². The highest BCUT2D eigenvalue weighted by atomic mass is 14.9. The molecule has 0 fully saturated rings. The van der Waals surface area contributed by atoms with Gasteiger partial charge in [0.2, 0.25) is 0 Å². The summed E-state index contributed by atoms with van der Waals surface area (Å²) in [7, 11) is 0. The zero-order valence-electron chi connectivity index (χ0n) is 6.55. The van der Waals surface area contributed by atoms with Gasteiger partial charge in [0.05, 0.1) is 11.9 Å². The zero-order valence-corrected chi connectivity index (χ0v) is 6.55. The molecular weight excluding hydrogens is 138 g/mol. The molecule has 0 bridgehead atoms. The Morgan fingerprint density at radius 2 is 2.27 bits per heavy atom. The van der Waals surface area contributed by atoms with Crippen molar-refractivity contribution in [2.75, 3.05) is 5.73 Å². The van der Waals surface area contributed by atoms with Gasteiger partial charge in [-0.05, 0) is 19.8 Å². The standard InChI is InChI=1S/C8H9N3/c1-3-4-7-8(9)10-5-6(2)11-7/h5H,1-2H3,(H2,9,10). The van der Waals surface area contributed by atoms with Crippen LogP contribution in [0, 0.1) is 18.8 Å². The normalized spacial score (nSPS) is 8.55. The fourth-order valence-electron chi connectivity index (χ4n) is 0.697. The number of nitrogens with zero attached hydrogens (tertiary/aromatic N) is 2. The zero-order chi connectivity index (χ0) is 8.27. The molecule has 0 unspecified atom stereocenters. The molecule has 3 heteroatoms. The predicted molar refractivity (Wildman–Crippen MR) is 43.7 cm³/mol. The van der Waals surface area contributed by atoms with Crippen LogP contribution in [0.15, 0.2) is 6.20 Å². The highest BCUT2D eigenvalue weighted by Crippen LogP contribution is 2.02. The van der Waals surface area contributed by atoms with Gasteiger partial charge in [-0.3, -0.25) is 0 Å². The topological polar surface area (TPSA) is 51.8 Å². The van der Waals surface area contributed by atoms with Gasteiger partial charge in [-0.2, -0.15) is 0 Å². The van der Waals surface area contributed by atoms with E-state index in [0.717, 1.165) is 5.69 Å². The molecular formula is C8H9N3. The molecule has 0 aliphatic heterocycles. The number of anilines is 1. The number of aryl methyl sites for hydroxylation is 1. The van der Waals surface area contributed by atoms with Gasteiger partial charge in [0.1, 0.15) is 0 Å². The van der Waals surface area contributed by atoms with Gasteiger partial charge in [0.25, 0.3) is 0 Å². The maximum atomic E-state index is 5.50. The first-order valence-corrected chi connectivity index (χ1v) is 3.26. The minimum absolute atomic E-state index is 0.393. The van der Waals surface area contributed by atoms with Crippen molar-refractivity contribution in [3.63, 3.8) is 0 Å². The summed E-state index contributed by atoms with van der Waals surface area (Å²) >= 11 is 0. The van der Waals surface area contributed by atoms with E-state index in [1.165, 1.54) is 0 Å². The Balaban J connectivity index is 3.19. The maximum absolute atomic E-state index is 5.50. The van der Waals surface area contributed by atoms with Crippen molar-refractivity contribution < 1.29 is 0 Å². The average molecular weight is 147 g/mol. The van der Waals surface area contributed by atoms with Crippen LogP contribution in [0.5, 0.6) is 0 Å². The Morgan fingerprint density at radius 3 is 2.91 bits per heavy atom. The molecule has 0 saturated carbocycles. The average Bonchev–Trinajstić information content (AvgIpc) is 1.98. The summed E-state index contributed by atoms with van der Waals surface area (Å²) in [6.07, 6.45) is 1.62. The second-order valence-corrected chi connectivity index (χ2v) is 2.12. The van der Waals surface area contributed by atoms with Crippen molar-refractivity contribution in [3.05, 3.63) is 17.6 Å². The third-order valence-electron chi connectivity index (χ3n) is 1.16. The molecule has 0 amide bonds. The molecule has 2 N–H and O–H groups in total. The largest absolute Gasteiger partial charge is 0.381 e. The van der Waals surface area contributed by atoms with Crippen LogP contribution in [0.2, 0.25) is 0 Å². The van der Waals surface area contributed by atoms with Crippen molar-refractivity contribution in [2.24, 2.45) is 0 Å². The van der Waals surface area contributed by atoms with E-state index in [2.05, 4.69) is 21.8 Å². The lowest BCUT2D eigenvalue weighted by Crippen LogP contribution is -1.98. The Labute approximate surface area is 65.7 Å². The molecule has 56 valence electrons. The monoisotopic (exact) mass is 147 g/mol. The Hall–Kier alpha value is -1.56. The smallest absolute Gasteiger partial charge is 0.158 e. The van der Waals surface area contributed by atoms with Crippen LogP contribution in [0.1, 0.15) is 18.3 Å². The van der Waals surface area contributed by atoms with Gasteiger partial charge >= 0.3 is 0 Å². The highest BCUT2D eigenvalue weighted by Gasteiger charge is 1.96. The van der Waals surface area contributed by atoms with Crippen LogP contribution in [0.4, 0.5) is 5.82 Å². The third kappa shape index (κ3) is 1.68. The van der Waals surface area contributed by atoms with Gasteiger partial charge in [-0.25, -0.2) is 9.97 Å². The molecule has 0 radical (unpaired) electrons. The molecule has 0 aliphatic rings. The van der Waals surface area contributed by atoms with Gasteiger partial charge in [-0.1, -0.05) is 5.92 Å². The molecule has 0 aromatic carbocycles. The van der Waals surface area contributed by atoms with E-state index in [1.54, 1.807) is 13.1 Å². The van der Waals surface area contributed by atoms with E-state index in [1.807, 2.05) is 6.92 Å². The molecule has 1 heterocycles. The lowest BCUT2D eigenvalue weighted by atomic mass is 10.4. The van der Waals surface area contributed by atoms with Crippen LogP contribution < -0.4 is 5.73 Å². The van der Waals surface area contributed by atoms with Crippen LogP contribution in [0.3, 0.4) is 0 Å². The summed E-state index contributed by atoms with van der Waals surface area (Å²) in [6.45, 7) is 3.59. The number of nitrogen functional groups attached to an aromatic ring is 1. The Kier molecular flexibility index (Phi) is 2.07. The molecule has 11 heavy (non-hydrogen) atoms. The molecule has 1 rings (SSSR count). The lowest BCUT2D eigenvalue weighted by molar-refractivity contribution is 1.11. The first kappa shape index (κ1) is 7.55. The maximum Gasteiger partial charge on any atom is 0.158 e. The predicted octanol–water partition coefficient (Wildman–Crippen LogP) is 0.739. The molecule has 0 saturated heterocycles. The second-order valence-electron chi connectivity index (χ2n) is 2.12. The van der Waals surface area contributed by atoms with E-state index in [-0.39, 0.29) is 0 Å². The van der Waals surface area contributed by atoms with Crippen molar-refractivity contribution in [3.8, 4) is 11.8 Å². The lowest BCUT2D eigenvalue weighted by Gasteiger charge is -1.96. The van der Waals surface area contributed by atoms with Crippen LogP contribution in [-0.2, 0) is 0 Å². The van der Waals surface area contributed by atoms with Gasteiger partial charge < -0.3 is 5.73 Å². The minimum atomic E-state index is 0.393. The Morgan fingerprint density at radius 1 is 1.55 bits per heavy atom. The number of aromatic nitrogens is 2. The SMILES string of the molecule is CC#Cc1nc(C)cnc1N. The molecule has 3 nitrogen and oxygen atoms in total. The Bertz CT molecular complexity index is 320. The van der Waals surface area contributed by atoms with Crippen LogP contribution in [-0.4, -0.2) is 9.97 Å². The molecule has 1 aromatic heterocycles. The van der Waals surface area contributed by atoms with Gasteiger partial charge in [0.15, 0.2) is 11.5 Å². The highest BCUT2D eigenvalue weighted by molar-refractivity contribution is 5.45. The third-order valence-corrected chi connectivity index (χ3v) is 1.16. The number of nitrogens with two attached hydrogens (primary N) is 1. The summed E-state index contributed by atoms with van der Waals surface area (Å²) in [6, 6.07) is 0. The van der Waals surface area contributed by atoms with Gasteiger partial charge in [0, 0.05) is 0 Å². The number of rotatable bonds is 0. The van der Waals surface area contributed by atoms with Crippen LogP contribution >= 0.6 is 0 Å².